The van der Waals surface area contributed by atoms with Gasteiger partial charge in [0, 0.05) is 10.0 Å². The van der Waals surface area contributed by atoms with E-state index in [0.717, 1.165) is 22.1 Å². The number of hydrogen-bond donors (Lipinski definition) is 0. The van der Waals surface area contributed by atoms with Crippen LogP contribution in [0.4, 0.5) is 0 Å². The van der Waals surface area contributed by atoms with Crippen molar-refractivity contribution >= 4 is 67.2 Å². The molecule has 10 heteroatoms. The monoisotopic (exact) mass is 368 g/mol. The van der Waals surface area contributed by atoms with E-state index < -0.39 is 0 Å². The number of hydrogen-bond acceptors (Lipinski definition) is 6. The predicted octanol–water partition coefficient (Wildman–Crippen LogP) is 4.09. The first kappa shape index (κ1) is 14.1. The van der Waals surface area contributed by atoms with Crippen LogP contribution in [0.5, 0.6) is 0 Å². The molecule has 2 aromatic heterocycles. The summed E-state index contributed by atoms with van der Waals surface area (Å²) >= 11 is 11.9. The van der Waals surface area contributed by atoms with Crippen molar-refractivity contribution in [3.63, 3.8) is 0 Å². The summed E-state index contributed by atoms with van der Waals surface area (Å²) in [7, 11) is 2.68. The van der Waals surface area contributed by atoms with Gasteiger partial charge in [-0.25, -0.2) is 0 Å². The van der Waals surface area contributed by atoms with Crippen molar-refractivity contribution < 1.29 is 0 Å². The number of nitrogens with zero attached hydrogens (tertiary/aromatic N) is 6. The summed E-state index contributed by atoms with van der Waals surface area (Å²) in [6.07, 6.45) is 0. The van der Waals surface area contributed by atoms with Gasteiger partial charge in [0.25, 0.3) is 0 Å². The van der Waals surface area contributed by atoms with Crippen LogP contribution in [0.15, 0.2) is 36.4 Å². The van der Waals surface area contributed by atoms with Gasteiger partial charge in [-0.05, 0) is 36.4 Å². The molecule has 0 aliphatic heterocycles. The molecule has 0 saturated carbocycles. The molecule has 0 fully saturated rings. The Hall–Kier alpha value is -1.48. The van der Waals surface area contributed by atoms with Crippen molar-refractivity contribution in [2.45, 2.75) is 0 Å². The molecule has 4 aromatic rings. The highest BCUT2D eigenvalue weighted by Gasteiger charge is 2.09. The molecule has 2 heterocycles. The number of aromatic nitrogens is 6. The summed E-state index contributed by atoms with van der Waals surface area (Å²) < 4.78 is 3.21. The molecule has 4 rings (SSSR count). The maximum Gasteiger partial charge on any atom is 0.115 e. The van der Waals surface area contributed by atoms with Crippen molar-refractivity contribution in [1.82, 2.24) is 28.8 Å². The van der Waals surface area contributed by atoms with Gasteiger partial charge in [0.1, 0.15) is 22.1 Å². The van der Waals surface area contributed by atoms with E-state index in [-0.39, 0.29) is 0 Å². The Morgan fingerprint density at radius 1 is 0.818 bits per heavy atom. The third-order valence-corrected chi connectivity index (χ3v) is 5.14. The zero-order chi connectivity index (χ0) is 15.1. The Balaban J connectivity index is 1.59. The molecule has 0 radical (unpaired) electrons. The number of fused-ring (bicyclic) bond motifs is 2. The Labute approximate surface area is 142 Å². The third kappa shape index (κ3) is 2.63. The minimum Gasteiger partial charge on any atom is -0.173 e. The second-order valence-electron chi connectivity index (χ2n) is 4.33. The lowest BCUT2D eigenvalue weighted by atomic mass is 10.3. The summed E-state index contributed by atoms with van der Waals surface area (Å²) in [6, 6.07) is 10.8. The van der Waals surface area contributed by atoms with Crippen LogP contribution in [-0.4, -0.2) is 28.8 Å². The summed E-state index contributed by atoms with van der Waals surface area (Å²) in [5.41, 5.74) is 3.15. The van der Waals surface area contributed by atoms with Gasteiger partial charge >= 0.3 is 0 Å². The standard InChI is InChI=1S/C12H6Cl2N6S2/c13-7-1-3-9-10(5-7)17-20(16-9)22-21-19-12-4-2-8(14)6-11(12)15-18-19/h1-6H. The van der Waals surface area contributed by atoms with E-state index in [1.165, 1.54) is 26.2 Å². The van der Waals surface area contributed by atoms with Crippen LogP contribution in [0.1, 0.15) is 0 Å². The van der Waals surface area contributed by atoms with Crippen LogP contribution in [-0.2, 0) is 0 Å². The van der Waals surface area contributed by atoms with Gasteiger partial charge in [-0.2, -0.15) is 4.09 Å². The first-order valence-electron chi connectivity index (χ1n) is 6.08. The highest BCUT2D eigenvalue weighted by atomic mass is 35.5. The summed E-state index contributed by atoms with van der Waals surface area (Å²) in [4.78, 5) is 0. The van der Waals surface area contributed by atoms with Gasteiger partial charge in [0.15, 0.2) is 0 Å². The van der Waals surface area contributed by atoms with E-state index >= 15 is 0 Å². The molecule has 0 aliphatic carbocycles. The van der Waals surface area contributed by atoms with E-state index in [1.54, 1.807) is 28.4 Å². The molecule has 0 aliphatic rings. The smallest absolute Gasteiger partial charge is 0.115 e. The molecule has 22 heavy (non-hydrogen) atoms. The average Bonchev–Trinajstić information content (AvgIpc) is 3.07. The van der Waals surface area contributed by atoms with Crippen LogP contribution in [0, 0.1) is 0 Å². The van der Waals surface area contributed by atoms with Crippen molar-refractivity contribution in [2.24, 2.45) is 0 Å². The third-order valence-electron chi connectivity index (χ3n) is 2.87. The molecule has 0 amide bonds. The predicted molar refractivity (Wildman–Crippen MR) is 91.1 cm³/mol. The van der Waals surface area contributed by atoms with Crippen LogP contribution in [0.3, 0.4) is 0 Å². The average molecular weight is 369 g/mol. The fraction of sp³-hybridized carbons (Fsp3) is 0. The Morgan fingerprint density at radius 2 is 1.55 bits per heavy atom. The van der Waals surface area contributed by atoms with Crippen molar-refractivity contribution in [2.75, 3.05) is 0 Å². The Kier molecular flexibility index (Phi) is 3.61. The van der Waals surface area contributed by atoms with Gasteiger partial charge in [0.05, 0.1) is 22.0 Å². The van der Waals surface area contributed by atoms with E-state index in [0.29, 0.717) is 10.0 Å². The Morgan fingerprint density at radius 3 is 2.41 bits per heavy atom. The molecular weight excluding hydrogens is 363 g/mol. The number of benzene rings is 2. The van der Waals surface area contributed by atoms with Crippen LogP contribution >= 0.6 is 45.2 Å². The van der Waals surface area contributed by atoms with Crippen molar-refractivity contribution in [3.8, 4) is 0 Å². The molecule has 2 aromatic carbocycles. The fourth-order valence-corrected chi connectivity index (χ4v) is 3.79. The van der Waals surface area contributed by atoms with Crippen LogP contribution < -0.4 is 0 Å². The van der Waals surface area contributed by atoms with Crippen LogP contribution in [0.2, 0.25) is 10.0 Å². The fourth-order valence-electron chi connectivity index (χ4n) is 1.89. The van der Waals surface area contributed by atoms with Gasteiger partial charge in [-0.1, -0.05) is 28.4 Å². The summed E-state index contributed by atoms with van der Waals surface area (Å²) in [5.74, 6) is 0. The van der Waals surface area contributed by atoms with Crippen molar-refractivity contribution in [1.29, 1.82) is 0 Å². The van der Waals surface area contributed by atoms with Crippen molar-refractivity contribution in [3.05, 3.63) is 46.4 Å². The maximum absolute atomic E-state index is 5.94. The molecule has 110 valence electrons. The number of halogens is 2. The normalized spacial score (nSPS) is 11.5. The van der Waals surface area contributed by atoms with E-state index in [4.69, 9.17) is 23.2 Å². The molecule has 0 spiro atoms. The molecule has 0 atom stereocenters. The highest BCUT2D eigenvalue weighted by Crippen LogP contribution is 2.28. The zero-order valence-electron chi connectivity index (χ0n) is 10.7. The maximum atomic E-state index is 5.94. The first-order chi connectivity index (χ1) is 10.7. The topological polar surface area (TPSA) is 61.4 Å². The van der Waals surface area contributed by atoms with Crippen LogP contribution in [0.25, 0.3) is 22.1 Å². The van der Waals surface area contributed by atoms with E-state index in [9.17, 15) is 0 Å². The van der Waals surface area contributed by atoms with E-state index in [1.807, 2.05) is 12.1 Å². The molecule has 0 saturated heterocycles. The first-order valence-corrected chi connectivity index (χ1v) is 8.90. The lowest BCUT2D eigenvalue weighted by Crippen LogP contribution is -1.92. The highest BCUT2D eigenvalue weighted by molar-refractivity contribution is 8.75. The molecule has 0 bridgehead atoms. The largest absolute Gasteiger partial charge is 0.173 e. The lowest BCUT2D eigenvalue weighted by molar-refractivity contribution is 0.885. The molecule has 0 N–H and O–H groups in total. The zero-order valence-corrected chi connectivity index (χ0v) is 13.9. The summed E-state index contributed by atoms with van der Waals surface area (Å²) in [6.45, 7) is 0. The van der Waals surface area contributed by atoms with Gasteiger partial charge in [0.2, 0.25) is 0 Å². The minimum absolute atomic E-state index is 0.633. The lowest BCUT2D eigenvalue weighted by Gasteiger charge is -1.98. The van der Waals surface area contributed by atoms with E-state index in [2.05, 4.69) is 20.5 Å². The Bertz CT molecular complexity index is 982. The minimum atomic E-state index is 0.633. The molecule has 0 unspecified atom stereocenters. The second-order valence-corrected chi connectivity index (χ2v) is 7.07. The van der Waals surface area contributed by atoms with Gasteiger partial charge in [-0.15, -0.1) is 19.5 Å². The molecule has 6 nitrogen and oxygen atoms in total. The SMILES string of the molecule is Clc1ccc2nn(SSn3nnc4cc(Cl)ccc43)nc2c1. The quantitative estimate of drug-likeness (QED) is 0.507. The van der Waals surface area contributed by atoms with Gasteiger partial charge in [-0.3, -0.25) is 0 Å². The van der Waals surface area contributed by atoms with Gasteiger partial charge < -0.3 is 0 Å². The summed E-state index contributed by atoms with van der Waals surface area (Å²) in [5, 5.41) is 18.1. The second kappa shape index (κ2) is 5.62. The molecular formula is C12H6Cl2N6S2. The number of rotatable bonds is 3.